The number of rotatable bonds is 4. The van der Waals surface area contributed by atoms with E-state index in [0.717, 1.165) is 11.1 Å². The first kappa shape index (κ1) is 9.77. The molecule has 1 aromatic carbocycles. The van der Waals surface area contributed by atoms with Crippen LogP contribution in [-0.2, 0) is 9.88 Å². The maximum atomic E-state index is 4.50. The van der Waals surface area contributed by atoms with Crippen molar-refractivity contribution < 1.29 is 9.88 Å². The number of benzene rings is 1. The quantitative estimate of drug-likeness (QED) is 0.436. The van der Waals surface area contributed by atoms with Crippen LogP contribution in [0.1, 0.15) is 12.5 Å². The largest absolute Gasteiger partial charge is 0.242 e. The highest BCUT2D eigenvalue weighted by atomic mass is 17.3. The van der Waals surface area contributed by atoms with Gasteiger partial charge < -0.3 is 0 Å². The van der Waals surface area contributed by atoms with Gasteiger partial charge in [0.1, 0.15) is 0 Å². The van der Waals surface area contributed by atoms with Crippen molar-refractivity contribution in [2.24, 2.45) is 0 Å². The minimum absolute atomic E-state index is 1.08. The van der Waals surface area contributed by atoms with Gasteiger partial charge >= 0.3 is 0 Å². The van der Waals surface area contributed by atoms with Gasteiger partial charge in [-0.25, -0.2) is 10.4 Å². The summed E-state index contributed by atoms with van der Waals surface area (Å²) in [5.41, 5.74) is 4.78. The molecule has 13 heavy (non-hydrogen) atoms. The zero-order valence-corrected chi connectivity index (χ0v) is 7.78. The molecule has 0 amide bonds. The molecule has 3 heteroatoms. The first-order valence-electron chi connectivity index (χ1n) is 4.02. The number of hydrogen-bond acceptors (Lipinski definition) is 3. The van der Waals surface area contributed by atoms with E-state index in [1.165, 1.54) is 7.11 Å². The molecule has 1 aromatic rings. The molecule has 0 unspecified atom stereocenters. The van der Waals surface area contributed by atoms with Crippen LogP contribution in [0.15, 0.2) is 36.5 Å². The molecule has 0 aliphatic rings. The van der Waals surface area contributed by atoms with Crippen LogP contribution in [0.5, 0.6) is 0 Å². The summed E-state index contributed by atoms with van der Waals surface area (Å²) in [4.78, 5) is 8.87. The van der Waals surface area contributed by atoms with E-state index in [-0.39, 0.29) is 0 Å². The summed E-state index contributed by atoms with van der Waals surface area (Å²) in [6, 6.07) is 10.0. The van der Waals surface area contributed by atoms with Crippen molar-refractivity contribution in [1.29, 1.82) is 0 Å². The number of allylic oxidation sites excluding steroid dienone is 1. The highest BCUT2D eigenvalue weighted by Gasteiger charge is 1.91. The van der Waals surface area contributed by atoms with Crippen LogP contribution in [0.3, 0.4) is 0 Å². The van der Waals surface area contributed by atoms with Gasteiger partial charge in [-0.05, 0) is 18.1 Å². The second kappa shape index (κ2) is 5.35. The molecule has 0 saturated heterocycles. The summed E-state index contributed by atoms with van der Waals surface area (Å²) in [6.07, 6.45) is 1.73. The van der Waals surface area contributed by atoms with E-state index < -0.39 is 0 Å². The van der Waals surface area contributed by atoms with Gasteiger partial charge in [-0.2, -0.15) is 0 Å². The normalized spacial score (nSPS) is 11.4. The maximum Gasteiger partial charge on any atom is 0.0738 e. The number of nitrogens with one attached hydrogen (secondary N) is 1. The molecule has 1 N–H and O–H groups in total. The lowest BCUT2D eigenvalue weighted by molar-refractivity contribution is -0.306. The highest BCUT2D eigenvalue weighted by molar-refractivity contribution is 5.62. The van der Waals surface area contributed by atoms with Crippen molar-refractivity contribution in [2.45, 2.75) is 6.92 Å². The van der Waals surface area contributed by atoms with Crippen molar-refractivity contribution in [3.05, 3.63) is 42.1 Å². The average Bonchev–Trinajstić information content (AvgIpc) is 2.19. The molecule has 0 heterocycles. The fourth-order valence-electron chi connectivity index (χ4n) is 0.945. The maximum absolute atomic E-state index is 4.50. The Kier molecular flexibility index (Phi) is 4.02. The van der Waals surface area contributed by atoms with Crippen LogP contribution in [-0.4, -0.2) is 7.11 Å². The van der Waals surface area contributed by atoms with E-state index in [2.05, 4.69) is 15.4 Å². The summed E-state index contributed by atoms with van der Waals surface area (Å²) in [5.74, 6) is 0. The van der Waals surface area contributed by atoms with Crippen molar-refractivity contribution in [1.82, 2.24) is 5.48 Å². The zero-order valence-electron chi connectivity index (χ0n) is 7.78. The van der Waals surface area contributed by atoms with E-state index in [4.69, 9.17) is 0 Å². The van der Waals surface area contributed by atoms with E-state index in [1.807, 2.05) is 37.3 Å². The molecule has 3 nitrogen and oxygen atoms in total. The van der Waals surface area contributed by atoms with E-state index in [0.29, 0.717) is 0 Å². The molecule has 0 aliphatic heterocycles. The molecule has 0 saturated carbocycles. The van der Waals surface area contributed by atoms with Crippen LogP contribution >= 0.6 is 0 Å². The number of hydrogen-bond donors (Lipinski definition) is 1. The SMILES string of the molecule is COON/C=C(\C)c1ccccc1. The predicted octanol–water partition coefficient (Wildman–Crippen LogP) is 2.13. The molecule has 0 aliphatic carbocycles. The monoisotopic (exact) mass is 179 g/mol. The average molecular weight is 179 g/mol. The molecule has 0 aromatic heterocycles. The summed E-state index contributed by atoms with van der Waals surface area (Å²) >= 11 is 0. The van der Waals surface area contributed by atoms with E-state index >= 15 is 0 Å². The van der Waals surface area contributed by atoms with Crippen molar-refractivity contribution in [3.63, 3.8) is 0 Å². The van der Waals surface area contributed by atoms with Crippen molar-refractivity contribution >= 4 is 5.57 Å². The lowest BCUT2D eigenvalue weighted by atomic mass is 10.1. The van der Waals surface area contributed by atoms with Crippen molar-refractivity contribution in [3.8, 4) is 0 Å². The fraction of sp³-hybridized carbons (Fsp3) is 0.200. The molecular weight excluding hydrogens is 166 g/mol. The third kappa shape index (κ3) is 3.27. The lowest BCUT2D eigenvalue weighted by Crippen LogP contribution is -2.05. The Labute approximate surface area is 77.9 Å². The molecule has 0 radical (unpaired) electrons. The van der Waals surface area contributed by atoms with Gasteiger partial charge in [-0.15, -0.1) is 4.99 Å². The van der Waals surface area contributed by atoms with Gasteiger partial charge in [-0.1, -0.05) is 30.3 Å². The summed E-state index contributed by atoms with van der Waals surface area (Å²) in [7, 11) is 1.44. The zero-order chi connectivity index (χ0) is 9.52. The molecule has 0 bridgehead atoms. The minimum Gasteiger partial charge on any atom is -0.242 e. The molecule has 0 spiro atoms. The fourth-order valence-corrected chi connectivity index (χ4v) is 0.945. The Bertz CT molecular complexity index is 270. The van der Waals surface area contributed by atoms with Gasteiger partial charge in [0.05, 0.1) is 7.11 Å². The van der Waals surface area contributed by atoms with Crippen LogP contribution in [0.2, 0.25) is 0 Å². The molecule has 70 valence electrons. The molecular formula is C10H13NO2. The Morgan fingerprint density at radius 2 is 2.00 bits per heavy atom. The summed E-state index contributed by atoms with van der Waals surface area (Å²) in [5, 5.41) is 0. The van der Waals surface area contributed by atoms with Crippen LogP contribution in [0.4, 0.5) is 0 Å². The van der Waals surface area contributed by atoms with Crippen LogP contribution < -0.4 is 5.48 Å². The number of hydroxylamine groups is 1. The standard InChI is InChI=1S/C10H13NO2/c1-9(8-11-13-12-2)10-6-4-3-5-7-10/h3-8,11H,1-2H3/b9-8+. The Morgan fingerprint density at radius 3 is 2.62 bits per heavy atom. The van der Waals surface area contributed by atoms with Gasteiger partial charge in [0.15, 0.2) is 0 Å². The first-order valence-corrected chi connectivity index (χ1v) is 4.02. The smallest absolute Gasteiger partial charge is 0.0738 e. The highest BCUT2D eigenvalue weighted by Crippen LogP contribution is 2.10. The van der Waals surface area contributed by atoms with Crippen LogP contribution in [0, 0.1) is 0 Å². The first-order chi connectivity index (χ1) is 6.34. The predicted molar refractivity (Wildman–Crippen MR) is 51.3 cm³/mol. The van der Waals surface area contributed by atoms with E-state index in [1.54, 1.807) is 6.20 Å². The Hall–Kier alpha value is -1.32. The van der Waals surface area contributed by atoms with Gasteiger partial charge in [0.2, 0.25) is 0 Å². The van der Waals surface area contributed by atoms with Crippen LogP contribution in [0.25, 0.3) is 5.57 Å². The summed E-state index contributed by atoms with van der Waals surface area (Å²) in [6.45, 7) is 1.99. The third-order valence-electron chi connectivity index (χ3n) is 1.64. The molecule has 0 atom stereocenters. The Morgan fingerprint density at radius 1 is 1.31 bits per heavy atom. The second-order valence-electron chi connectivity index (χ2n) is 2.56. The third-order valence-corrected chi connectivity index (χ3v) is 1.64. The summed E-state index contributed by atoms with van der Waals surface area (Å²) < 4.78 is 0. The lowest BCUT2D eigenvalue weighted by Gasteiger charge is -2.01. The van der Waals surface area contributed by atoms with Gasteiger partial charge in [0, 0.05) is 6.20 Å². The van der Waals surface area contributed by atoms with E-state index in [9.17, 15) is 0 Å². The minimum atomic E-state index is 1.08. The topological polar surface area (TPSA) is 30.5 Å². The Balaban J connectivity index is 2.57. The second-order valence-corrected chi connectivity index (χ2v) is 2.56. The molecule has 0 fully saturated rings. The van der Waals surface area contributed by atoms with Gasteiger partial charge in [-0.3, -0.25) is 0 Å². The molecule has 1 rings (SSSR count). The van der Waals surface area contributed by atoms with Crippen molar-refractivity contribution in [2.75, 3.05) is 7.11 Å². The van der Waals surface area contributed by atoms with Gasteiger partial charge in [0.25, 0.3) is 0 Å².